The van der Waals surface area contributed by atoms with Gasteiger partial charge in [0.05, 0.1) is 18.2 Å². The summed E-state index contributed by atoms with van der Waals surface area (Å²) >= 11 is 3.46. The minimum absolute atomic E-state index is 0.0666. The summed E-state index contributed by atoms with van der Waals surface area (Å²) in [6.45, 7) is 5.56. The van der Waals surface area contributed by atoms with Crippen LogP contribution in [0.4, 0.5) is 0 Å². The molecule has 0 radical (unpaired) electrons. The molecule has 0 saturated carbocycles. The minimum atomic E-state index is -0.0666. The molecule has 0 aliphatic rings. The molecule has 4 nitrogen and oxygen atoms in total. The van der Waals surface area contributed by atoms with Crippen LogP contribution >= 0.6 is 15.9 Å². The van der Waals surface area contributed by atoms with Crippen LogP contribution in [0.25, 0.3) is 0 Å². The molecule has 1 atom stereocenters. The second-order valence-corrected chi connectivity index (χ2v) is 5.75. The minimum Gasteiger partial charge on any atom is -0.487 e. The zero-order chi connectivity index (χ0) is 14.5. The molecule has 1 aromatic carbocycles. The highest BCUT2D eigenvalue weighted by Crippen LogP contribution is 2.28. The molecule has 0 bridgehead atoms. The van der Waals surface area contributed by atoms with Gasteiger partial charge in [-0.2, -0.15) is 0 Å². The molecule has 0 spiro atoms. The van der Waals surface area contributed by atoms with Crippen LogP contribution in [0.15, 0.2) is 35.2 Å². The van der Waals surface area contributed by atoms with Crippen LogP contribution in [-0.2, 0) is 13.2 Å². The van der Waals surface area contributed by atoms with Gasteiger partial charge in [0, 0.05) is 22.6 Å². The molecule has 0 amide bonds. The fourth-order valence-electron chi connectivity index (χ4n) is 2.07. The highest BCUT2D eigenvalue weighted by atomic mass is 79.9. The number of aromatic nitrogens is 2. The third-order valence-electron chi connectivity index (χ3n) is 3.10. The van der Waals surface area contributed by atoms with Gasteiger partial charge in [0.25, 0.3) is 0 Å². The van der Waals surface area contributed by atoms with Crippen molar-refractivity contribution < 1.29 is 4.74 Å². The lowest BCUT2D eigenvalue weighted by Crippen LogP contribution is -2.10. The molecule has 0 saturated heterocycles. The largest absolute Gasteiger partial charge is 0.487 e. The van der Waals surface area contributed by atoms with Crippen molar-refractivity contribution in [2.45, 2.75) is 39.5 Å². The maximum atomic E-state index is 5.99. The Labute approximate surface area is 128 Å². The molecule has 108 valence electrons. The molecule has 2 rings (SSSR count). The van der Waals surface area contributed by atoms with E-state index in [1.54, 1.807) is 0 Å². The molecule has 20 heavy (non-hydrogen) atoms. The van der Waals surface area contributed by atoms with Gasteiger partial charge in [-0.3, -0.25) is 0 Å². The number of hydrogen-bond donors (Lipinski definition) is 1. The molecule has 5 heteroatoms. The van der Waals surface area contributed by atoms with E-state index in [9.17, 15) is 0 Å². The van der Waals surface area contributed by atoms with Gasteiger partial charge >= 0.3 is 0 Å². The zero-order valence-electron chi connectivity index (χ0n) is 11.8. The quantitative estimate of drug-likeness (QED) is 0.875. The van der Waals surface area contributed by atoms with Crippen LogP contribution in [-0.4, -0.2) is 9.55 Å². The number of nitrogens with zero attached hydrogens (tertiary/aromatic N) is 2. The van der Waals surface area contributed by atoms with E-state index in [0.29, 0.717) is 6.61 Å². The number of imidazole rings is 1. The predicted octanol–water partition coefficient (Wildman–Crippen LogP) is 3.65. The number of halogens is 1. The maximum Gasteiger partial charge on any atom is 0.130 e. The van der Waals surface area contributed by atoms with E-state index in [2.05, 4.69) is 32.4 Å². The highest BCUT2D eigenvalue weighted by molar-refractivity contribution is 9.10. The fourth-order valence-corrected chi connectivity index (χ4v) is 2.45. The average Bonchev–Trinajstić information content (AvgIpc) is 2.85. The Kier molecular flexibility index (Phi) is 5.20. The highest BCUT2D eigenvalue weighted by Gasteiger charge is 2.10. The first-order valence-electron chi connectivity index (χ1n) is 6.78. The van der Waals surface area contributed by atoms with Crippen molar-refractivity contribution >= 4 is 15.9 Å². The van der Waals surface area contributed by atoms with Crippen LogP contribution < -0.4 is 10.5 Å². The first-order chi connectivity index (χ1) is 9.61. The Morgan fingerprint density at radius 1 is 1.45 bits per heavy atom. The molecule has 0 aliphatic carbocycles. The number of rotatable bonds is 6. The summed E-state index contributed by atoms with van der Waals surface area (Å²) in [5.41, 5.74) is 8.07. The first kappa shape index (κ1) is 15.1. The second kappa shape index (κ2) is 6.90. The van der Waals surface area contributed by atoms with Crippen molar-refractivity contribution in [2.75, 3.05) is 0 Å². The maximum absolute atomic E-state index is 5.99. The van der Waals surface area contributed by atoms with Crippen LogP contribution in [0.1, 0.15) is 37.6 Å². The Hall–Kier alpha value is -1.33. The van der Waals surface area contributed by atoms with E-state index >= 15 is 0 Å². The van der Waals surface area contributed by atoms with Crippen LogP contribution in [0.5, 0.6) is 5.75 Å². The normalized spacial score (nSPS) is 12.4. The Morgan fingerprint density at radius 2 is 2.25 bits per heavy atom. The topological polar surface area (TPSA) is 53.1 Å². The van der Waals surface area contributed by atoms with E-state index in [1.165, 1.54) is 0 Å². The molecule has 2 aromatic rings. The van der Waals surface area contributed by atoms with Gasteiger partial charge in [-0.15, -0.1) is 0 Å². The van der Waals surface area contributed by atoms with Crippen LogP contribution in [0.3, 0.4) is 0 Å². The summed E-state index contributed by atoms with van der Waals surface area (Å²) in [5, 5.41) is 0. The lowest BCUT2D eigenvalue weighted by atomic mass is 10.1. The van der Waals surface area contributed by atoms with Crippen LogP contribution in [0, 0.1) is 0 Å². The van der Waals surface area contributed by atoms with Crippen molar-refractivity contribution in [3.63, 3.8) is 0 Å². The number of aryl methyl sites for hydroxylation is 1. The fraction of sp³-hybridized carbons (Fsp3) is 0.400. The third-order valence-corrected chi connectivity index (χ3v) is 3.59. The molecular weight excluding hydrogens is 318 g/mol. The number of benzene rings is 1. The van der Waals surface area contributed by atoms with E-state index in [1.807, 2.05) is 37.6 Å². The van der Waals surface area contributed by atoms with Gasteiger partial charge in [0.1, 0.15) is 12.4 Å². The van der Waals surface area contributed by atoms with Gasteiger partial charge in [0.2, 0.25) is 0 Å². The lowest BCUT2D eigenvalue weighted by molar-refractivity contribution is 0.290. The lowest BCUT2D eigenvalue weighted by Gasteiger charge is -2.15. The van der Waals surface area contributed by atoms with Gasteiger partial charge < -0.3 is 15.0 Å². The molecule has 0 aliphatic heterocycles. The zero-order valence-corrected chi connectivity index (χ0v) is 13.4. The van der Waals surface area contributed by atoms with Gasteiger partial charge in [-0.1, -0.05) is 22.9 Å². The predicted molar refractivity (Wildman–Crippen MR) is 83.6 cm³/mol. The third kappa shape index (κ3) is 3.61. The average molecular weight is 338 g/mol. The number of nitrogens with two attached hydrogens (primary N) is 1. The summed E-state index contributed by atoms with van der Waals surface area (Å²) in [6, 6.07) is 5.85. The van der Waals surface area contributed by atoms with Crippen molar-refractivity contribution in [1.82, 2.24) is 9.55 Å². The SMILES string of the molecule is CCCn1cncc1COc1ccc(Br)cc1[C@@H](C)N. The number of ether oxygens (including phenoxy) is 1. The van der Waals surface area contributed by atoms with Crippen molar-refractivity contribution in [3.05, 3.63) is 46.5 Å². The first-order valence-corrected chi connectivity index (χ1v) is 7.58. The second-order valence-electron chi connectivity index (χ2n) is 4.84. The molecule has 1 heterocycles. The molecular formula is C15H20BrN3O. The standard InChI is InChI=1S/C15H20BrN3O/c1-3-6-19-10-18-8-13(19)9-20-15-5-4-12(16)7-14(15)11(2)17/h4-5,7-8,10-11H,3,6,9,17H2,1-2H3/t11-/m1/s1. The van der Waals surface area contributed by atoms with Crippen LogP contribution in [0.2, 0.25) is 0 Å². The Balaban J connectivity index is 2.12. The van der Waals surface area contributed by atoms with Crippen molar-refractivity contribution in [3.8, 4) is 5.75 Å². The summed E-state index contributed by atoms with van der Waals surface area (Å²) in [7, 11) is 0. The van der Waals surface area contributed by atoms with Gasteiger partial charge in [-0.05, 0) is 31.5 Å². The van der Waals surface area contributed by atoms with Gasteiger partial charge in [-0.25, -0.2) is 4.98 Å². The molecule has 1 aromatic heterocycles. The smallest absolute Gasteiger partial charge is 0.130 e. The molecule has 0 unspecified atom stereocenters. The summed E-state index contributed by atoms with van der Waals surface area (Å²) in [5.74, 6) is 0.826. The number of hydrogen-bond acceptors (Lipinski definition) is 3. The van der Waals surface area contributed by atoms with Gasteiger partial charge in [0.15, 0.2) is 0 Å². The van der Waals surface area contributed by atoms with E-state index < -0.39 is 0 Å². The monoisotopic (exact) mass is 337 g/mol. The van der Waals surface area contributed by atoms with Crippen molar-refractivity contribution in [2.24, 2.45) is 5.73 Å². The van der Waals surface area contributed by atoms with Crippen molar-refractivity contribution in [1.29, 1.82) is 0 Å². The van der Waals surface area contributed by atoms with E-state index in [4.69, 9.17) is 10.5 Å². The Bertz CT molecular complexity index is 566. The summed E-state index contributed by atoms with van der Waals surface area (Å²) in [4.78, 5) is 4.18. The summed E-state index contributed by atoms with van der Waals surface area (Å²) in [6.07, 6.45) is 4.77. The van der Waals surface area contributed by atoms with E-state index in [0.717, 1.165) is 34.4 Å². The molecule has 0 fully saturated rings. The Morgan fingerprint density at radius 3 is 2.95 bits per heavy atom. The van der Waals surface area contributed by atoms with E-state index in [-0.39, 0.29) is 6.04 Å². The molecule has 2 N–H and O–H groups in total. The summed E-state index contributed by atoms with van der Waals surface area (Å²) < 4.78 is 9.05.